The van der Waals surface area contributed by atoms with Crippen molar-refractivity contribution < 1.29 is 4.74 Å². The first kappa shape index (κ1) is 15.2. The first-order valence-electron chi connectivity index (χ1n) is 5.71. The van der Waals surface area contributed by atoms with E-state index in [2.05, 4.69) is 0 Å². The average Bonchev–Trinajstić information content (AvgIpc) is 2.20. The van der Waals surface area contributed by atoms with Crippen LogP contribution in [-0.2, 0) is 4.74 Å². The molecule has 1 aliphatic heterocycles. The molecule has 2 fully saturated rings. The zero-order valence-corrected chi connectivity index (χ0v) is 10.3. The Kier molecular flexibility index (Phi) is 7.53. The molecule has 0 spiro atoms. The molecule has 2 rings (SSSR count). The highest BCUT2D eigenvalue weighted by molar-refractivity contribution is 5.85. The molecule has 92 valence electrons. The van der Waals surface area contributed by atoms with Crippen molar-refractivity contribution in [3.05, 3.63) is 0 Å². The third-order valence-corrected chi connectivity index (χ3v) is 3.71. The topological polar surface area (TPSA) is 70.2 Å². The fraction of sp³-hybridized carbons (Fsp3) is 1.00. The van der Waals surface area contributed by atoms with E-state index in [1.807, 2.05) is 0 Å². The molecule has 15 heavy (non-hydrogen) atoms. The smallest absolute Gasteiger partial charge is 0.0620 e. The van der Waals surface area contributed by atoms with Crippen molar-refractivity contribution in [3.8, 4) is 0 Å². The molecular formula is C11H25ClN2O. The highest BCUT2D eigenvalue weighted by Crippen LogP contribution is 2.34. The summed E-state index contributed by atoms with van der Waals surface area (Å²) in [4.78, 5) is 0. The summed E-state index contributed by atoms with van der Waals surface area (Å²) in [7, 11) is 0. The SMILES string of the molecule is Cl.N.NC1COCCC1C1CCCCC1. The quantitative estimate of drug-likeness (QED) is 0.735. The number of halogens is 1. The van der Waals surface area contributed by atoms with Crippen LogP contribution in [0.3, 0.4) is 0 Å². The van der Waals surface area contributed by atoms with Gasteiger partial charge in [0, 0.05) is 12.6 Å². The second-order valence-electron chi connectivity index (χ2n) is 4.59. The minimum absolute atomic E-state index is 0. The maximum atomic E-state index is 6.08. The zero-order valence-electron chi connectivity index (χ0n) is 9.49. The molecule has 2 aliphatic rings. The van der Waals surface area contributed by atoms with Crippen molar-refractivity contribution in [2.75, 3.05) is 13.2 Å². The Morgan fingerprint density at radius 2 is 1.67 bits per heavy atom. The van der Waals surface area contributed by atoms with E-state index in [1.54, 1.807) is 0 Å². The van der Waals surface area contributed by atoms with Crippen LogP contribution >= 0.6 is 12.4 Å². The summed E-state index contributed by atoms with van der Waals surface area (Å²) >= 11 is 0. The van der Waals surface area contributed by atoms with Crippen LogP contribution in [0.15, 0.2) is 0 Å². The molecule has 1 aliphatic carbocycles. The Labute approximate surface area is 99.1 Å². The number of hydrogen-bond donors (Lipinski definition) is 2. The Bertz CT molecular complexity index is 163. The molecule has 0 aromatic carbocycles. The van der Waals surface area contributed by atoms with Crippen molar-refractivity contribution in [2.45, 2.75) is 44.6 Å². The van der Waals surface area contributed by atoms with E-state index in [0.717, 1.165) is 25.0 Å². The fourth-order valence-corrected chi connectivity index (χ4v) is 2.92. The summed E-state index contributed by atoms with van der Waals surface area (Å²) in [6.45, 7) is 1.73. The summed E-state index contributed by atoms with van der Waals surface area (Å²) in [6, 6.07) is 0.317. The van der Waals surface area contributed by atoms with Gasteiger partial charge in [-0.05, 0) is 18.3 Å². The van der Waals surface area contributed by atoms with Gasteiger partial charge in [0.2, 0.25) is 0 Å². The monoisotopic (exact) mass is 236 g/mol. The first-order valence-corrected chi connectivity index (χ1v) is 5.71. The van der Waals surface area contributed by atoms with Crippen LogP contribution in [0.4, 0.5) is 0 Å². The Morgan fingerprint density at radius 3 is 2.27 bits per heavy atom. The van der Waals surface area contributed by atoms with Crippen LogP contribution in [0.25, 0.3) is 0 Å². The van der Waals surface area contributed by atoms with E-state index in [9.17, 15) is 0 Å². The van der Waals surface area contributed by atoms with Crippen molar-refractivity contribution in [1.82, 2.24) is 6.15 Å². The molecule has 0 amide bonds. The van der Waals surface area contributed by atoms with Gasteiger partial charge in [-0.15, -0.1) is 12.4 Å². The molecule has 0 bridgehead atoms. The van der Waals surface area contributed by atoms with Crippen molar-refractivity contribution in [1.29, 1.82) is 0 Å². The summed E-state index contributed by atoms with van der Waals surface area (Å²) in [5.74, 6) is 1.67. The number of rotatable bonds is 1. The molecule has 0 radical (unpaired) electrons. The molecule has 1 heterocycles. The van der Waals surface area contributed by atoms with Gasteiger partial charge in [0.1, 0.15) is 0 Å². The maximum Gasteiger partial charge on any atom is 0.0620 e. The second kappa shape index (κ2) is 7.44. The first-order chi connectivity index (χ1) is 6.38. The minimum atomic E-state index is 0. The largest absolute Gasteiger partial charge is 0.380 e. The molecule has 4 heteroatoms. The summed E-state index contributed by atoms with van der Waals surface area (Å²) in [5, 5.41) is 0. The van der Waals surface area contributed by atoms with E-state index in [0.29, 0.717) is 6.04 Å². The van der Waals surface area contributed by atoms with Gasteiger partial charge in [-0.2, -0.15) is 0 Å². The predicted octanol–water partition coefficient (Wildman–Crippen LogP) is 2.51. The predicted molar refractivity (Wildman–Crippen MR) is 65.7 cm³/mol. The van der Waals surface area contributed by atoms with Crippen molar-refractivity contribution >= 4 is 12.4 Å². The van der Waals surface area contributed by atoms with Crippen molar-refractivity contribution in [3.63, 3.8) is 0 Å². The zero-order chi connectivity index (χ0) is 9.10. The van der Waals surface area contributed by atoms with E-state index in [1.165, 1.54) is 38.5 Å². The normalized spacial score (nSPS) is 32.6. The number of ether oxygens (including phenoxy) is 1. The summed E-state index contributed by atoms with van der Waals surface area (Å²) in [6.07, 6.45) is 8.32. The molecule has 2 atom stereocenters. The highest BCUT2D eigenvalue weighted by Gasteiger charge is 2.30. The molecule has 3 nitrogen and oxygen atoms in total. The Hall–Kier alpha value is 0.170. The fourth-order valence-electron chi connectivity index (χ4n) is 2.92. The van der Waals surface area contributed by atoms with Gasteiger partial charge >= 0.3 is 0 Å². The number of hydrogen-bond acceptors (Lipinski definition) is 3. The lowest BCUT2D eigenvalue weighted by molar-refractivity contribution is 0.0216. The minimum Gasteiger partial charge on any atom is -0.380 e. The molecule has 0 aromatic heterocycles. The van der Waals surface area contributed by atoms with E-state index in [4.69, 9.17) is 10.5 Å². The lowest BCUT2D eigenvalue weighted by Gasteiger charge is -2.37. The third kappa shape index (κ3) is 3.91. The second-order valence-corrected chi connectivity index (χ2v) is 4.59. The summed E-state index contributed by atoms with van der Waals surface area (Å²) in [5.41, 5.74) is 6.08. The lowest BCUT2D eigenvalue weighted by atomic mass is 9.75. The van der Waals surface area contributed by atoms with Crippen molar-refractivity contribution in [2.24, 2.45) is 17.6 Å². The van der Waals surface area contributed by atoms with E-state index < -0.39 is 0 Å². The van der Waals surface area contributed by atoms with Crippen LogP contribution in [0, 0.1) is 11.8 Å². The van der Waals surface area contributed by atoms with Gasteiger partial charge in [-0.3, -0.25) is 0 Å². The molecule has 2 unspecified atom stereocenters. The van der Waals surface area contributed by atoms with Gasteiger partial charge in [0.15, 0.2) is 0 Å². The van der Waals surface area contributed by atoms with E-state index in [-0.39, 0.29) is 18.6 Å². The van der Waals surface area contributed by atoms with Gasteiger partial charge in [-0.25, -0.2) is 0 Å². The van der Waals surface area contributed by atoms with Crippen LogP contribution in [0.5, 0.6) is 0 Å². The molecular weight excluding hydrogens is 212 g/mol. The highest BCUT2D eigenvalue weighted by atomic mass is 35.5. The average molecular weight is 237 g/mol. The Morgan fingerprint density at radius 1 is 1.00 bits per heavy atom. The molecule has 0 aromatic rings. The van der Waals surface area contributed by atoms with Gasteiger partial charge in [0.05, 0.1) is 6.61 Å². The molecule has 1 saturated carbocycles. The standard InChI is InChI=1S/C11H21NO.ClH.H3N/c12-11-8-13-7-6-10(11)9-4-2-1-3-5-9;;/h9-11H,1-8,12H2;1H;1H3. The molecule has 1 saturated heterocycles. The maximum absolute atomic E-state index is 6.08. The van der Waals surface area contributed by atoms with Crippen LogP contribution < -0.4 is 11.9 Å². The molecule has 5 N–H and O–H groups in total. The van der Waals surface area contributed by atoms with Gasteiger partial charge in [0.25, 0.3) is 0 Å². The number of nitrogens with two attached hydrogens (primary N) is 1. The van der Waals surface area contributed by atoms with Crippen LogP contribution in [0.1, 0.15) is 38.5 Å². The van der Waals surface area contributed by atoms with Gasteiger partial charge in [-0.1, -0.05) is 32.1 Å². The van der Waals surface area contributed by atoms with Crippen LogP contribution in [0.2, 0.25) is 0 Å². The van der Waals surface area contributed by atoms with E-state index >= 15 is 0 Å². The third-order valence-electron chi connectivity index (χ3n) is 3.71. The van der Waals surface area contributed by atoms with Crippen LogP contribution in [-0.4, -0.2) is 19.3 Å². The lowest BCUT2D eigenvalue weighted by Crippen LogP contribution is -2.43. The Balaban J connectivity index is 0.000000980. The van der Waals surface area contributed by atoms with Gasteiger partial charge < -0.3 is 16.6 Å². The summed E-state index contributed by atoms with van der Waals surface area (Å²) < 4.78 is 5.38.